The Balaban J connectivity index is 2.48. The van der Waals surface area contributed by atoms with Crippen molar-refractivity contribution in [3.05, 3.63) is 40.6 Å². The number of hydrogen-bond acceptors (Lipinski definition) is 3. The van der Waals surface area contributed by atoms with E-state index in [1.807, 2.05) is 37.4 Å². The van der Waals surface area contributed by atoms with Crippen LogP contribution in [0.15, 0.2) is 40.8 Å². The molecular formula is C9H9N3S. The molecule has 0 saturated heterocycles. The van der Waals surface area contributed by atoms with Crippen molar-refractivity contribution < 1.29 is 0 Å². The maximum absolute atomic E-state index is 4.42. The van der Waals surface area contributed by atoms with Gasteiger partial charge in [-0.15, -0.1) is 0 Å². The van der Waals surface area contributed by atoms with Crippen molar-refractivity contribution in [1.82, 2.24) is 9.78 Å². The lowest BCUT2D eigenvalue weighted by molar-refractivity contribution is 0.729. The standard InChI is InChI=1S/C9H9N3S/c1-12-9(13-7-10-12)11-8-5-3-2-4-6-8/h2-7H,1H3. The summed E-state index contributed by atoms with van der Waals surface area (Å²) >= 11 is 1.53. The molecule has 3 nitrogen and oxygen atoms in total. The monoisotopic (exact) mass is 191 g/mol. The van der Waals surface area contributed by atoms with Crippen molar-refractivity contribution in [2.24, 2.45) is 12.0 Å². The van der Waals surface area contributed by atoms with Crippen LogP contribution in [0.25, 0.3) is 0 Å². The van der Waals surface area contributed by atoms with E-state index in [4.69, 9.17) is 0 Å². The Morgan fingerprint density at radius 2 is 2.08 bits per heavy atom. The molecule has 0 atom stereocenters. The first-order valence-electron chi connectivity index (χ1n) is 3.93. The van der Waals surface area contributed by atoms with E-state index in [-0.39, 0.29) is 0 Å². The summed E-state index contributed by atoms with van der Waals surface area (Å²) in [5.41, 5.74) is 2.74. The van der Waals surface area contributed by atoms with Gasteiger partial charge in [-0.25, -0.2) is 9.67 Å². The molecule has 13 heavy (non-hydrogen) atoms. The van der Waals surface area contributed by atoms with E-state index in [1.54, 1.807) is 10.2 Å². The number of nitrogens with zero attached hydrogens (tertiary/aromatic N) is 3. The summed E-state index contributed by atoms with van der Waals surface area (Å²) in [5.74, 6) is 0. The molecule has 0 spiro atoms. The zero-order valence-electron chi connectivity index (χ0n) is 7.21. The first-order chi connectivity index (χ1) is 6.36. The Labute approximate surface area is 80.0 Å². The third-order valence-electron chi connectivity index (χ3n) is 1.64. The van der Waals surface area contributed by atoms with Crippen molar-refractivity contribution in [2.75, 3.05) is 0 Å². The van der Waals surface area contributed by atoms with Gasteiger partial charge in [-0.05, 0) is 12.1 Å². The smallest absolute Gasteiger partial charge is 0.207 e. The molecule has 0 bridgehead atoms. The van der Waals surface area contributed by atoms with Gasteiger partial charge in [0.25, 0.3) is 0 Å². The van der Waals surface area contributed by atoms with Gasteiger partial charge in [0.1, 0.15) is 5.51 Å². The lowest BCUT2D eigenvalue weighted by Crippen LogP contribution is -2.10. The Hall–Kier alpha value is -1.42. The lowest BCUT2D eigenvalue weighted by Gasteiger charge is -1.90. The highest BCUT2D eigenvalue weighted by atomic mass is 32.1. The Kier molecular flexibility index (Phi) is 2.23. The molecule has 0 N–H and O–H groups in total. The maximum Gasteiger partial charge on any atom is 0.207 e. The van der Waals surface area contributed by atoms with Crippen molar-refractivity contribution in [2.45, 2.75) is 0 Å². The van der Waals surface area contributed by atoms with Crippen molar-refractivity contribution in [1.29, 1.82) is 0 Å². The third kappa shape index (κ3) is 1.84. The minimum absolute atomic E-state index is 0.909. The predicted octanol–water partition coefficient (Wildman–Crippen LogP) is 1.71. The minimum atomic E-state index is 0.909. The zero-order valence-corrected chi connectivity index (χ0v) is 8.03. The van der Waals surface area contributed by atoms with Crippen LogP contribution >= 0.6 is 11.3 Å². The lowest BCUT2D eigenvalue weighted by atomic mass is 10.3. The number of benzene rings is 1. The average Bonchev–Trinajstić information content (AvgIpc) is 2.54. The van der Waals surface area contributed by atoms with Gasteiger partial charge < -0.3 is 0 Å². The Bertz CT molecular complexity index is 441. The number of aryl methyl sites for hydroxylation is 1. The van der Waals surface area contributed by atoms with Crippen LogP contribution in [0.4, 0.5) is 5.69 Å². The highest BCUT2D eigenvalue weighted by molar-refractivity contribution is 7.06. The molecule has 1 aromatic heterocycles. The number of aromatic nitrogens is 2. The van der Waals surface area contributed by atoms with E-state index in [9.17, 15) is 0 Å². The summed E-state index contributed by atoms with van der Waals surface area (Å²) in [6.45, 7) is 0. The summed E-state index contributed by atoms with van der Waals surface area (Å²) in [6.07, 6.45) is 0. The normalized spacial score (nSPS) is 11.9. The maximum atomic E-state index is 4.42. The highest BCUT2D eigenvalue weighted by Crippen LogP contribution is 2.07. The molecule has 0 radical (unpaired) electrons. The molecule has 0 aliphatic rings. The molecule has 0 fully saturated rings. The molecule has 0 unspecified atom stereocenters. The molecular weight excluding hydrogens is 182 g/mol. The van der Waals surface area contributed by atoms with Gasteiger partial charge in [0.05, 0.1) is 5.69 Å². The predicted molar refractivity (Wildman–Crippen MR) is 52.8 cm³/mol. The molecule has 2 rings (SSSR count). The van der Waals surface area contributed by atoms with Crippen LogP contribution in [-0.4, -0.2) is 9.78 Å². The van der Waals surface area contributed by atoms with E-state index in [0.29, 0.717) is 0 Å². The largest absolute Gasteiger partial charge is 0.241 e. The van der Waals surface area contributed by atoms with Gasteiger partial charge in [-0.3, -0.25) is 0 Å². The van der Waals surface area contributed by atoms with Gasteiger partial charge in [0.2, 0.25) is 4.80 Å². The van der Waals surface area contributed by atoms with Gasteiger partial charge in [0.15, 0.2) is 0 Å². The van der Waals surface area contributed by atoms with E-state index < -0.39 is 0 Å². The first kappa shape index (κ1) is 8.19. The van der Waals surface area contributed by atoms with Crippen LogP contribution in [0, 0.1) is 0 Å². The first-order valence-corrected chi connectivity index (χ1v) is 4.81. The van der Waals surface area contributed by atoms with E-state index in [0.717, 1.165) is 10.5 Å². The van der Waals surface area contributed by atoms with E-state index >= 15 is 0 Å². The second-order valence-corrected chi connectivity index (χ2v) is 3.40. The van der Waals surface area contributed by atoms with Crippen LogP contribution in [0.1, 0.15) is 0 Å². The Morgan fingerprint density at radius 1 is 1.31 bits per heavy atom. The second-order valence-electron chi connectivity index (χ2n) is 2.59. The van der Waals surface area contributed by atoms with E-state index in [2.05, 4.69) is 10.1 Å². The zero-order chi connectivity index (χ0) is 9.10. The van der Waals surface area contributed by atoms with Crippen LogP contribution in [0.5, 0.6) is 0 Å². The average molecular weight is 191 g/mol. The van der Waals surface area contributed by atoms with Crippen LogP contribution in [0.3, 0.4) is 0 Å². The molecule has 1 aromatic carbocycles. The fraction of sp³-hybridized carbons (Fsp3) is 0.111. The number of hydrogen-bond donors (Lipinski definition) is 0. The van der Waals surface area contributed by atoms with Crippen molar-refractivity contribution in [3.8, 4) is 0 Å². The summed E-state index contributed by atoms with van der Waals surface area (Å²) in [5, 5.41) is 4.05. The molecule has 0 aliphatic heterocycles. The summed E-state index contributed by atoms with van der Waals surface area (Å²) in [7, 11) is 1.89. The second kappa shape index (κ2) is 3.53. The molecule has 4 heteroatoms. The number of para-hydroxylation sites is 1. The van der Waals surface area contributed by atoms with E-state index in [1.165, 1.54) is 11.3 Å². The van der Waals surface area contributed by atoms with Crippen molar-refractivity contribution >= 4 is 17.0 Å². The third-order valence-corrected chi connectivity index (χ3v) is 2.40. The molecule has 0 aliphatic carbocycles. The SMILES string of the molecule is Cn1ncsc1=Nc1ccccc1. The molecule has 0 amide bonds. The summed E-state index contributed by atoms with van der Waals surface area (Å²) in [6, 6.07) is 9.87. The fourth-order valence-corrected chi connectivity index (χ4v) is 1.62. The molecule has 1 heterocycles. The minimum Gasteiger partial charge on any atom is -0.241 e. The van der Waals surface area contributed by atoms with Crippen LogP contribution in [0.2, 0.25) is 0 Å². The number of rotatable bonds is 1. The van der Waals surface area contributed by atoms with Gasteiger partial charge in [0, 0.05) is 7.05 Å². The molecule has 0 saturated carbocycles. The van der Waals surface area contributed by atoms with Crippen LogP contribution < -0.4 is 4.80 Å². The summed E-state index contributed by atoms with van der Waals surface area (Å²) in [4.78, 5) is 5.33. The van der Waals surface area contributed by atoms with Crippen LogP contribution in [-0.2, 0) is 7.05 Å². The summed E-state index contributed by atoms with van der Waals surface area (Å²) < 4.78 is 1.76. The fourth-order valence-electron chi connectivity index (χ4n) is 0.979. The van der Waals surface area contributed by atoms with Gasteiger partial charge >= 0.3 is 0 Å². The molecule has 2 aromatic rings. The van der Waals surface area contributed by atoms with Gasteiger partial charge in [-0.1, -0.05) is 29.5 Å². The molecule has 66 valence electrons. The Morgan fingerprint density at radius 3 is 2.69 bits per heavy atom. The highest BCUT2D eigenvalue weighted by Gasteiger charge is 1.90. The van der Waals surface area contributed by atoms with Crippen molar-refractivity contribution in [3.63, 3.8) is 0 Å². The quantitative estimate of drug-likeness (QED) is 0.675. The topological polar surface area (TPSA) is 30.2 Å². The van der Waals surface area contributed by atoms with Gasteiger partial charge in [-0.2, -0.15) is 5.10 Å².